The van der Waals surface area contributed by atoms with E-state index in [0.29, 0.717) is 13.0 Å². The number of hydrogen-bond acceptors (Lipinski definition) is 5. The van der Waals surface area contributed by atoms with Gasteiger partial charge < -0.3 is 24.8 Å². The molecule has 0 aliphatic heterocycles. The minimum atomic E-state index is -0.859. The Hall–Kier alpha value is -2.86. The summed E-state index contributed by atoms with van der Waals surface area (Å²) in [5.74, 6) is 1.55. The first-order chi connectivity index (χ1) is 16.3. The Morgan fingerprint density at radius 2 is 1.62 bits per heavy atom. The predicted molar refractivity (Wildman–Crippen MR) is 140 cm³/mol. The van der Waals surface area contributed by atoms with Crippen LogP contribution in [-0.4, -0.2) is 45.1 Å². The predicted octanol–water partition coefficient (Wildman–Crippen LogP) is 5.57. The Labute approximate surface area is 204 Å². The maximum Gasteiger partial charge on any atom is 0.127 e. The van der Waals surface area contributed by atoms with Crippen LogP contribution < -0.4 is 15.0 Å². The van der Waals surface area contributed by atoms with Gasteiger partial charge in [-0.05, 0) is 73.8 Å². The topological polar surface area (TPSA) is 54.0 Å². The van der Waals surface area contributed by atoms with Crippen LogP contribution in [0.25, 0.3) is 0 Å². The first-order valence-electron chi connectivity index (χ1n) is 11.8. The van der Waals surface area contributed by atoms with Gasteiger partial charge in [0.2, 0.25) is 0 Å². The standard InChI is InChI=1S/C29H38N2O3/c1-29(2,32)21-22-20-24(34-23-12-7-6-8-13-23)16-17-25(22)28(30-18-11-19-33-5)26-14-9-10-15-27(26)31(3)4/h6-10,12-17,20,28,30,32H,11,18-19,21H2,1-5H3. The molecule has 0 amide bonds. The monoisotopic (exact) mass is 462 g/mol. The molecule has 0 radical (unpaired) electrons. The van der Waals surface area contributed by atoms with Crippen LogP contribution in [0.5, 0.6) is 11.5 Å². The molecule has 2 N–H and O–H groups in total. The Bertz CT molecular complexity index is 1030. The van der Waals surface area contributed by atoms with Gasteiger partial charge in [0.25, 0.3) is 0 Å². The zero-order chi connectivity index (χ0) is 24.6. The molecular weight excluding hydrogens is 424 g/mol. The van der Waals surface area contributed by atoms with Gasteiger partial charge in [-0.15, -0.1) is 0 Å². The first-order valence-corrected chi connectivity index (χ1v) is 11.8. The van der Waals surface area contributed by atoms with Crippen molar-refractivity contribution in [1.29, 1.82) is 0 Å². The van der Waals surface area contributed by atoms with E-state index >= 15 is 0 Å². The van der Waals surface area contributed by atoms with Gasteiger partial charge in [-0.25, -0.2) is 0 Å². The van der Waals surface area contributed by atoms with E-state index in [1.807, 2.05) is 50.2 Å². The van der Waals surface area contributed by atoms with Gasteiger partial charge >= 0.3 is 0 Å². The lowest BCUT2D eigenvalue weighted by Crippen LogP contribution is -2.29. The van der Waals surface area contributed by atoms with Crippen molar-refractivity contribution in [3.63, 3.8) is 0 Å². The van der Waals surface area contributed by atoms with Crippen molar-refractivity contribution in [1.82, 2.24) is 5.32 Å². The van der Waals surface area contributed by atoms with Gasteiger partial charge in [-0.2, -0.15) is 0 Å². The van der Waals surface area contributed by atoms with E-state index in [4.69, 9.17) is 9.47 Å². The van der Waals surface area contributed by atoms with Gasteiger partial charge in [0.05, 0.1) is 11.6 Å². The molecule has 0 saturated carbocycles. The SMILES string of the molecule is COCCCNC(c1ccc(Oc2ccccc2)cc1CC(C)(C)O)c1ccccc1N(C)C. The lowest BCUT2D eigenvalue weighted by atomic mass is 9.88. The summed E-state index contributed by atoms with van der Waals surface area (Å²) in [6, 6.07) is 24.4. The smallest absolute Gasteiger partial charge is 0.127 e. The van der Waals surface area contributed by atoms with E-state index in [1.165, 1.54) is 5.56 Å². The largest absolute Gasteiger partial charge is 0.457 e. The van der Waals surface area contributed by atoms with Crippen LogP contribution in [-0.2, 0) is 11.2 Å². The molecule has 0 saturated heterocycles. The second-order valence-electron chi connectivity index (χ2n) is 9.45. The third-order valence-electron chi connectivity index (χ3n) is 5.63. The molecule has 0 bridgehead atoms. The quantitative estimate of drug-likeness (QED) is 0.345. The van der Waals surface area contributed by atoms with E-state index in [2.05, 4.69) is 60.7 Å². The number of para-hydroxylation sites is 2. The van der Waals surface area contributed by atoms with Crippen molar-refractivity contribution in [2.45, 2.75) is 38.3 Å². The molecule has 0 aromatic heterocycles. The number of hydrogen-bond donors (Lipinski definition) is 2. The molecule has 5 heteroatoms. The van der Waals surface area contributed by atoms with Crippen molar-refractivity contribution >= 4 is 5.69 Å². The van der Waals surface area contributed by atoms with Crippen LogP contribution in [0.1, 0.15) is 43.0 Å². The number of nitrogens with one attached hydrogen (secondary N) is 1. The van der Waals surface area contributed by atoms with E-state index in [1.54, 1.807) is 7.11 Å². The molecule has 0 aliphatic rings. The average molecular weight is 463 g/mol. The van der Waals surface area contributed by atoms with Gasteiger partial charge in [-0.3, -0.25) is 0 Å². The lowest BCUT2D eigenvalue weighted by Gasteiger charge is -2.29. The maximum atomic E-state index is 10.7. The molecule has 3 rings (SSSR count). The fraction of sp³-hybridized carbons (Fsp3) is 0.379. The molecule has 3 aromatic rings. The zero-order valence-electron chi connectivity index (χ0n) is 21.0. The molecule has 0 spiro atoms. The van der Waals surface area contributed by atoms with Gasteiger partial charge in [0.15, 0.2) is 0 Å². The van der Waals surface area contributed by atoms with Crippen molar-refractivity contribution in [2.75, 3.05) is 39.3 Å². The minimum absolute atomic E-state index is 0.0430. The average Bonchev–Trinajstić information content (AvgIpc) is 2.79. The summed E-state index contributed by atoms with van der Waals surface area (Å²) in [7, 11) is 5.86. The molecule has 5 nitrogen and oxygen atoms in total. The summed E-state index contributed by atoms with van der Waals surface area (Å²) < 4.78 is 11.4. The number of aliphatic hydroxyl groups is 1. The summed E-state index contributed by atoms with van der Waals surface area (Å²) in [6.07, 6.45) is 1.42. The van der Waals surface area contributed by atoms with E-state index in [9.17, 15) is 5.11 Å². The molecule has 3 aromatic carbocycles. The van der Waals surface area contributed by atoms with E-state index in [-0.39, 0.29) is 6.04 Å². The van der Waals surface area contributed by atoms with Gasteiger partial charge in [-0.1, -0.05) is 42.5 Å². The number of benzene rings is 3. The summed E-state index contributed by atoms with van der Waals surface area (Å²) in [5.41, 5.74) is 3.68. The summed E-state index contributed by atoms with van der Waals surface area (Å²) >= 11 is 0. The highest BCUT2D eigenvalue weighted by molar-refractivity contribution is 5.57. The molecular formula is C29H38N2O3. The van der Waals surface area contributed by atoms with Crippen molar-refractivity contribution in [2.24, 2.45) is 0 Å². The number of ether oxygens (including phenoxy) is 2. The molecule has 1 unspecified atom stereocenters. The Balaban J connectivity index is 2.05. The van der Waals surface area contributed by atoms with Crippen LogP contribution in [0, 0.1) is 0 Å². The summed E-state index contributed by atoms with van der Waals surface area (Å²) in [4.78, 5) is 2.14. The third kappa shape index (κ3) is 7.32. The van der Waals surface area contributed by atoms with Crippen molar-refractivity contribution < 1.29 is 14.6 Å². The van der Waals surface area contributed by atoms with Crippen LogP contribution in [0.3, 0.4) is 0 Å². The Kier molecular flexibility index (Phi) is 9.11. The second-order valence-corrected chi connectivity index (χ2v) is 9.45. The molecule has 0 aliphatic carbocycles. The van der Waals surface area contributed by atoms with E-state index in [0.717, 1.165) is 41.3 Å². The summed E-state index contributed by atoms with van der Waals surface area (Å²) in [6.45, 7) is 5.20. The zero-order valence-corrected chi connectivity index (χ0v) is 21.0. The highest BCUT2D eigenvalue weighted by Gasteiger charge is 2.24. The highest BCUT2D eigenvalue weighted by Crippen LogP contribution is 2.35. The highest BCUT2D eigenvalue weighted by atomic mass is 16.5. The molecule has 34 heavy (non-hydrogen) atoms. The third-order valence-corrected chi connectivity index (χ3v) is 5.63. The molecule has 1 atom stereocenters. The fourth-order valence-corrected chi connectivity index (χ4v) is 4.16. The van der Waals surface area contributed by atoms with Crippen molar-refractivity contribution in [3.8, 4) is 11.5 Å². The first kappa shape index (κ1) is 25.8. The number of nitrogens with zero attached hydrogens (tertiary/aromatic N) is 1. The minimum Gasteiger partial charge on any atom is -0.457 e. The Morgan fingerprint density at radius 3 is 2.29 bits per heavy atom. The van der Waals surface area contributed by atoms with Crippen molar-refractivity contribution in [3.05, 3.63) is 89.5 Å². The number of methoxy groups -OCH3 is 1. The van der Waals surface area contributed by atoms with Crippen LogP contribution in [0.2, 0.25) is 0 Å². The molecule has 182 valence electrons. The van der Waals surface area contributed by atoms with Gasteiger partial charge in [0.1, 0.15) is 11.5 Å². The van der Waals surface area contributed by atoms with Crippen LogP contribution in [0.4, 0.5) is 5.69 Å². The second kappa shape index (κ2) is 12.0. The van der Waals surface area contributed by atoms with E-state index < -0.39 is 5.60 Å². The number of rotatable bonds is 12. The number of anilines is 1. The maximum absolute atomic E-state index is 10.7. The van der Waals surface area contributed by atoms with Gasteiger partial charge in [0, 0.05) is 39.9 Å². The summed E-state index contributed by atoms with van der Waals surface area (Å²) in [5, 5.41) is 14.5. The molecule has 0 fully saturated rings. The lowest BCUT2D eigenvalue weighted by molar-refractivity contribution is 0.0806. The molecule has 0 heterocycles. The normalized spacial score (nSPS) is 12.4. The Morgan fingerprint density at radius 1 is 0.912 bits per heavy atom. The van der Waals surface area contributed by atoms with Crippen LogP contribution >= 0.6 is 0 Å². The fourth-order valence-electron chi connectivity index (χ4n) is 4.16. The van der Waals surface area contributed by atoms with Crippen LogP contribution in [0.15, 0.2) is 72.8 Å².